The van der Waals surface area contributed by atoms with Gasteiger partial charge in [0.25, 0.3) is 0 Å². The summed E-state index contributed by atoms with van der Waals surface area (Å²) in [5.41, 5.74) is 4.36. The Kier molecular flexibility index (Phi) is 2.44. The molecule has 4 nitrogen and oxygen atoms in total. The van der Waals surface area contributed by atoms with Gasteiger partial charge < -0.3 is 10.1 Å². The maximum atomic E-state index is 9.97. The summed E-state index contributed by atoms with van der Waals surface area (Å²) in [6.45, 7) is 2.07. The monoisotopic (exact) mass is 275 g/mol. The molecule has 0 saturated heterocycles. The van der Waals surface area contributed by atoms with Crippen LogP contribution in [0.2, 0.25) is 0 Å². The molecule has 2 N–H and O–H groups in total. The zero-order valence-corrected chi connectivity index (χ0v) is 11.5. The predicted molar refractivity (Wildman–Crippen MR) is 83.2 cm³/mol. The van der Waals surface area contributed by atoms with Gasteiger partial charge in [0.1, 0.15) is 5.75 Å². The normalized spacial score (nSPS) is 11.3. The molecule has 0 bridgehead atoms. The van der Waals surface area contributed by atoms with E-state index in [1.54, 1.807) is 12.1 Å². The maximum absolute atomic E-state index is 9.97. The van der Waals surface area contributed by atoms with Gasteiger partial charge in [0.2, 0.25) is 0 Å². The van der Waals surface area contributed by atoms with Crippen molar-refractivity contribution in [3.05, 3.63) is 54.1 Å². The molecular weight excluding hydrogens is 262 g/mol. The second-order valence-electron chi connectivity index (χ2n) is 5.18. The first kappa shape index (κ1) is 11.9. The quantitative estimate of drug-likeness (QED) is 0.555. The third-order valence-corrected chi connectivity index (χ3v) is 3.69. The third kappa shape index (κ3) is 1.84. The van der Waals surface area contributed by atoms with Crippen LogP contribution >= 0.6 is 0 Å². The molecule has 0 aliphatic heterocycles. The Hall–Kier alpha value is -2.88. The maximum Gasteiger partial charge on any atom is 0.161 e. The van der Waals surface area contributed by atoms with Crippen LogP contribution in [0.3, 0.4) is 0 Å². The fourth-order valence-electron chi connectivity index (χ4n) is 2.63. The molecule has 2 aromatic carbocycles. The SMILES string of the molecule is Cc1ccc2[nH]c3nnc(-c4ccccc4O)cc3c2c1. The van der Waals surface area contributed by atoms with E-state index in [9.17, 15) is 5.11 Å². The van der Waals surface area contributed by atoms with Gasteiger partial charge in [-0.3, -0.25) is 0 Å². The lowest BCUT2D eigenvalue weighted by molar-refractivity contribution is 0.477. The van der Waals surface area contributed by atoms with Crippen LogP contribution in [0, 0.1) is 6.92 Å². The molecule has 2 aromatic heterocycles. The second-order valence-corrected chi connectivity index (χ2v) is 5.18. The van der Waals surface area contributed by atoms with Crippen molar-refractivity contribution in [2.75, 3.05) is 0 Å². The molecule has 0 amide bonds. The first-order valence-corrected chi connectivity index (χ1v) is 6.76. The minimum atomic E-state index is 0.210. The van der Waals surface area contributed by atoms with Crippen LogP contribution < -0.4 is 0 Å². The molecule has 4 aromatic rings. The number of hydrogen-bond acceptors (Lipinski definition) is 3. The molecule has 4 heteroatoms. The largest absolute Gasteiger partial charge is 0.507 e. The first-order valence-electron chi connectivity index (χ1n) is 6.76. The van der Waals surface area contributed by atoms with Gasteiger partial charge in [-0.15, -0.1) is 10.2 Å². The summed E-state index contributed by atoms with van der Waals surface area (Å²) < 4.78 is 0. The van der Waals surface area contributed by atoms with Crippen LogP contribution in [0.1, 0.15) is 5.56 Å². The summed E-state index contributed by atoms with van der Waals surface area (Å²) in [7, 11) is 0. The van der Waals surface area contributed by atoms with E-state index in [4.69, 9.17) is 0 Å². The summed E-state index contributed by atoms with van der Waals surface area (Å²) in [6, 6.07) is 15.4. The Morgan fingerprint density at radius 3 is 2.67 bits per heavy atom. The number of phenolic OH excluding ortho intramolecular Hbond substituents is 1. The van der Waals surface area contributed by atoms with E-state index in [2.05, 4.69) is 34.2 Å². The van der Waals surface area contributed by atoms with Gasteiger partial charge in [-0.25, -0.2) is 0 Å². The van der Waals surface area contributed by atoms with E-state index >= 15 is 0 Å². The highest BCUT2D eigenvalue weighted by atomic mass is 16.3. The number of aryl methyl sites for hydroxylation is 1. The van der Waals surface area contributed by atoms with Gasteiger partial charge in [0, 0.05) is 21.9 Å². The smallest absolute Gasteiger partial charge is 0.161 e. The number of phenols is 1. The van der Waals surface area contributed by atoms with Gasteiger partial charge in [0.15, 0.2) is 5.65 Å². The first-order chi connectivity index (χ1) is 10.2. The molecule has 2 heterocycles. The number of nitrogens with one attached hydrogen (secondary N) is 1. The number of hydrogen-bond donors (Lipinski definition) is 2. The molecule has 0 atom stereocenters. The molecule has 0 saturated carbocycles. The zero-order valence-electron chi connectivity index (χ0n) is 11.5. The van der Waals surface area contributed by atoms with E-state index in [1.165, 1.54) is 5.56 Å². The van der Waals surface area contributed by atoms with Crippen molar-refractivity contribution in [1.82, 2.24) is 15.2 Å². The van der Waals surface area contributed by atoms with Crippen LogP contribution in [0.15, 0.2) is 48.5 Å². The summed E-state index contributed by atoms with van der Waals surface area (Å²) in [5.74, 6) is 0.210. The summed E-state index contributed by atoms with van der Waals surface area (Å²) in [6.07, 6.45) is 0. The molecular formula is C17H13N3O. The minimum Gasteiger partial charge on any atom is -0.507 e. The van der Waals surface area contributed by atoms with Crippen LogP contribution in [0.5, 0.6) is 5.75 Å². The van der Waals surface area contributed by atoms with Crippen molar-refractivity contribution in [3.63, 3.8) is 0 Å². The Morgan fingerprint density at radius 1 is 0.952 bits per heavy atom. The van der Waals surface area contributed by atoms with Crippen molar-refractivity contribution in [2.24, 2.45) is 0 Å². The van der Waals surface area contributed by atoms with E-state index in [0.717, 1.165) is 21.9 Å². The van der Waals surface area contributed by atoms with Crippen LogP contribution in [-0.2, 0) is 0 Å². The lowest BCUT2D eigenvalue weighted by atomic mass is 10.1. The topological polar surface area (TPSA) is 61.8 Å². The lowest BCUT2D eigenvalue weighted by Gasteiger charge is -2.02. The fourth-order valence-corrected chi connectivity index (χ4v) is 2.63. The van der Waals surface area contributed by atoms with Gasteiger partial charge in [-0.05, 0) is 37.3 Å². The molecule has 0 aliphatic carbocycles. The number of H-pyrrole nitrogens is 1. The molecule has 4 rings (SSSR count). The molecule has 102 valence electrons. The van der Waals surface area contributed by atoms with E-state index < -0.39 is 0 Å². The number of aromatic nitrogens is 3. The van der Waals surface area contributed by atoms with E-state index in [-0.39, 0.29) is 5.75 Å². The number of rotatable bonds is 1. The highest BCUT2D eigenvalue weighted by Gasteiger charge is 2.10. The van der Waals surface area contributed by atoms with Gasteiger partial charge in [-0.1, -0.05) is 23.8 Å². The zero-order chi connectivity index (χ0) is 14.4. The van der Waals surface area contributed by atoms with Crippen LogP contribution in [-0.4, -0.2) is 20.3 Å². The van der Waals surface area contributed by atoms with Gasteiger partial charge in [0.05, 0.1) is 5.69 Å². The third-order valence-electron chi connectivity index (χ3n) is 3.69. The van der Waals surface area contributed by atoms with Gasteiger partial charge >= 0.3 is 0 Å². The second kappa shape index (κ2) is 4.31. The van der Waals surface area contributed by atoms with E-state index in [1.807, 2.05) is 24.3 Å². The average molecular weight is 275 g/mol. The molecule has 0 aliphatic rings. The molecule has 0 spiro atoms. The Morgan fingerprint density at radius 2 is 1.81 bits per heavy atom. The number of nitrogens with zero attached hydrogens (tertiary/aromatic N) is 2. The molecule has 0 unspecified atom stereocenters. The Labute approximate surface area is 121 Å². The van der Waals surface area contributed by atoms with E-state index in [0.29, 0.717) is 11.3 Å². The van der Waals surface area contributed by atoms with Gasteiger partial charge in [-0.2, -0.15) is 0 Å². The highest BCUT2D eigenvalue weighted by Crippen LogP contribution is 2.31. The standard InChI is InChI=1S/C17H13N3O/c1-10-6-7-14-12(8-10)13-9-15(19-20-17(13)18-14)11-4-2-3-5-16(11)21/h2-9,21H,1H3,(H,18,20). The summed E-state index contributed by atoms with van der Waals surface area (Å²) in [4.78, 5) is 3.26. The summed E-state index contributed by atoms with van der Waals surface area (Å²) >= 11 is 0. The Balaban J connectivity index is 2.03. The van der Waals surface area contributed by atoms with Crippen molar-refractivity contribution in [2.45, 2.75) is 6.92 Å². The van der Waals surface area contributed by atoms with Crippen LogP contribution in [0.25, 0.3) is 33.2 Å². The fraction of sp³-hybridized carbons (Fsp3) is 0.0588. The average Bonchev–Trinajstić information content (AvgIpc) is 2.85. The molecule has 0 fully saturated rings. The summed E-state index contributed by atoms with van der Waals surface area (Å²) in [5, 5.41) is 20.6. The van der Waals surface area contributed by atoms with Crippen LogP contribution in [0.4, 0.5) is 0 Å². The number of benzene rings is 2. The number of para-hydroxylation sites is 1. The van der Waals surface area contributed by atoms with Crippen molar-refractivity contribution in [1.29, 1.82) is 0 Å². The number of aromatic amines is 1. The van der Waals surface area contributed by atoms with Crippen molar-refractivity contribution >= 4 is 21.9 Å². The molecule has 21 heavy (non-hydrogen) atoms. The highest BCUT2D eigenvalue weighted by molar-refractivity contribution is 6.06. The predicted octanol–water partition coefficient (Wildman–Crippen LogP) is 3.79. The number of fused-ring (bicyclic) bond motifs is 3. The van der Waals surface area contributed by atoms with Crippen molar-refractivity contribution in [3.8, 4) is 17.0 Å². The lowest BCUT2D eigenvalue weighted by Crippen LogP contribution is -1.88. The van der Waals surface area contributed by atoms with Crippen molar-refractivity contribution < 1.29 is 5.11 Å². The number of aromatic hydroxyl groups is 1. The minimum absolute atomic E-state index is 0.210. The molecule has 0 radical (unpaired) electrons. The Bertz CT molecular complexity index is 972.